The third kappa shape index (κ3) is 2.09. The van der Waals surface area contributed by atoms with Crippen molar-refractivity contribution >= 4 is 0 Å². The first-order valence-electron chi connectivity index (χ1n) is 6.32. The highest BCUT2D eigenvalue weighted by atomic mass is 16.3. The van der Waals surface area contributed by atoms with E-state index in [4.69, 9.17) is 0 Å². The monoisotopic (exact) mass is 218 g/mol. The lowest BCUT2D eigenvalue weighted by atomic mass is 9.79. The molecule has 0 aliphatic heterocycles. The summed E-state index contributed by atoms with van der Waals surface area (Å²) in [5.74, 6) is 1.14. The minimum atomic E-state index is 0.0310. The van der Waals surface area contributed by atoms with Crippen molar-refractivity contribution in [2.45, 2.75) is 57.8 Å². The smallest absolute Gasteiger partial charge is 0.119 e. The third-order valence-corrected chi connectivity index (χ3v) is 3.62. The van der Waals surface area contributed by atoms with Gasteiger partial charge in [0.05, 0.1) is 0 Å². The molecule has 1 aromatic rings. The molecule has 0 radical (unpaired) electrons. The maximum Gasteiger partial charge on any atom is 0.119 e. The van der Waals surface area contributed by atoms with Gasteiger partial charge in [0, 0.05) is 5.56 Å². The molecule has 1 N–H and O–H groups in total. The number of phenolic OH excluding ortho intramolecular Hbond substituents is 1. The maximum atomic E-state index is 10.1. The summed E-state index contributed by atoms with van der Waals surface area (Å²) in [6.45, 7) is 6.54. The molecule has 0 saturated heterocycles. The first-order valence-corrected chi connectivity index (χ1v) is 6.32. The zero-order chi connectivity index (χ0) is 11.8. The van der Waals surface area contributed by atoms with E-state index in [0.717, 1.165) is 5.56 Å². The Balaban J connectivity index is 2.47. The Morgan fingerprint density at radius 3 is 2.31 bits per heavy atom. The van der Waals surface area contributed by atoms with Gasteiger partial charge in [0.1, 0.15) is 5.75 Å². The van der Waals surface area contributed by atoms with Crippen LogP contribution >= 0.6 is 0 Å². The SMILES string of the molecule is CC(C)(C)c1c(O)cccc1C1CCCC1. The van der Waals surface area contributed by atoms with E-state index in [1.165, 1.54) is 31.2 Å². The van der Waals surface area contributed by atoms with Crippen molar-refractivity contribution in [3.05, 3.63) is 29.3 Å². The van der Waals surface area contributed by atoms with Gasteiger partial charge in [-0.2, -0.15) is 0 Å². The number of hydrogen-bond acceptors (Lipinski definition) is 1. The van der Waals surface area contributed by atoms with Gasteiger partial charge in [0.2, 0.25) is 0 Å². The molecule has 1 heteroatoms. The van der Waals surface area contributed by atoms with E-state index in [1.807, 2.05) is 12.1 Å². The fraction of sp³-hybridized carbons (Fsp3) is 0.600. The van der Waals surface area contributed by atoms with Crippen LogP contribution in [0.25, 0.3) is 0 Å². The van der Waals surface area contributed by atoms with Gasteiger partial charge in [-0.3, -0.25) is 0 Å². The molecule has 1 nitrogen and oxygen atoms in total. The average molecular weight is 218 g/mol. The number of benzene rings is 1. The molecule has 0 heterocycles. The van der Waals surface area contributed by atoms with Gasteiger partial charge < -0.3 is 5.11 Å². The Morgan fingerprint density at radius 2 is 1.75 bits per heavy atom. The highest BCUT2D eigenvalue weighted by Crippen LogP contribution is 2.42. The van der Waals surface area contributed by atoms with Crippen LogP contribution in [0.15, 0.2) is 18.2 Å². The Morgan fingerprint density at radius 1 is 1.12 bits per heavy atom. The second-order valence-corrected chi connectivity index (χ2v) is 5.97. The maximum absolute atomic E-state index is 10.1. The van der Waals surface area contributed by atoms with Crippen molar-refractivity contribution in [3.63, 3.8) is 0 Å². The van der Waals surface area contributed by atoms with Crippen LogP contribution < -0.4 is 0 Å². The van der Waals surface area contributed by atoms with E-state index in [9.17, 15) is 5.11 Å². The summed E-state index contributed by atoms with van der Waals surface area (Å²) < 4.78 is 0. The lowest BCUT2D eigenvalue weighted by Gasteiger charge is -2.26. The molecule has 0 atom stereocenters. The molecule has 0 amide bonds. The lowest BCUT2D eigenvalue weighted by Crippen LogP contribution is -2.15. The van der Waals surface area contributed by atoms with Crippen LogP contribution in [-0.4, -0.2) is 5.11 Å². The highest BCUT2D eigenvalue weighted by molar-refractivity contribution is 5.45. The van der Waals surface area contributed by atoms with Crippen molar-refractivity contribution < 1.29 is 5.11 Å². The summed E-state index contributed by atoms with van der Waals surface area (Å²) in [6, 6.07) is 6.01. The highest BCUT2D eigenvalue weighted by Gasteiger charge is 2.27. The Kier molecular flexibility index (Phi) is 2.96. The second kappa shape index (κ2) is 4.12. The molecule has 0 spiro atoms. The molecule has 0 unspecified atom stereocenters. The summed E-state index contributed by atoms with van der Waals surface area (Å²) in [6.07, 6.45) is 5.24. The molecule has 1 fully saturated rings. The fourth-order valence-corrected chi connectivity index (χ4v) is 2.95. The van der Waals surface area contributed by atoms with Crippen LogP contribution in [0.2, 0.25) is 0 Å². The van der Waals surface area contributed by atoms with Gasteiger partial charge in [-0.1, -0.05) is 45.7 Å². The topological polar surface area (TPSA) is 20.2 Å². The number of hydrogen-bond donors (Lipinski definition) is 1. The summed E-state index contributed by atoms with van der Waals surface area (Å²) in [5, 5.41) is 10.1. The van der Waals surface area contributed by atoms with Crippen LogP contribution in [0.3, 0.4) is 0 Å². The van der Waals surface area contributed by atoms with Gasteiger partial charge in [-0.15, -0.1) is 0 Å². The van der Waals surface area contributed by atoms with Crippen molar-refractivity contribution in [3.8, 4) is 5.75 Å². The molecule has 0 aromatic heterocycles. The fourth-order valence-electron chi connectivity index (χ4n) is 2.95. The zero-order valence-electron chi connectivity index (χ0n) is 10.6. The quantitative estimate of drug-likeness (QED) is 0.743. The van der Waals surface area contributed by atoms with Crippen molar-refractivity contribution in [1.29, 1.82) is 0 Å². The molecule has 88 valence electrons. The minimum absolute atomic E-state index is 0.0310. The molecule has 0 bridgehead atoms. The summed E-state index contributed by atoms with van der Waals surface area (Å²) in [4.78, 5) is 0. The number of phenols is 1. The van der Waals surface area contributed by atoms with Crippen LogP contribution in [0.1, 0.15) is 63.5 Å². The summed E-state index contributed by atoms with van der Waals surface area (Å²) in [5.41, 5.74) is 2.57. The average Bonchev–Trinajstić information content (AvgIpc) is 2.67. The minimum Gasteiger partial charge on any atom is -0.508 e. The van der Waals surface area contributed by atoms with E-state index in [-0.39, 0.29) is 5.41 Å². The van der Waals surface area contributed by atoms with Gasteiger partial charge in [-0.05, 0) is 35.8 Å². The summed E-state index contributed by atoms with van der Waals surface area (Å²) in [7, 11) is 0. The molecule has 1 aliphatic carbocycles. The predicted molar refractivity (Wildman–Crippen MR) is 68.0 cm³/mol. The van der Waals surface area contributed by atoms with E-state index in [0.29, 0.717) is 11.7 Å². The van der Waals surface area contributed by atoms with Crippen molar-refractivity contribution in [2.75, 3.05) is 0 Å². The summed E-state index contributed by atoms with van der Waals surface area (Å²) >= 11 is 0. The Labute approximate surface area is 98.5 Å². The Bertz CT molecular complexity index is 368. The van der Waals surface area contributed by atoms with Crippen LogP contribution in [0.5, 0.6) is 5.75 Å². The first kappa shape index (κ1) is 11.5. The molecule has 1 aromatic carbocycles. The van der Waals surface area contributed by atoms with Crippen LogP contribution in [-0.2, 0) is 5.41 Å². The second-order valence-electron chi connectivity index (χ2n) is 5.97. The van der Waals surface area contributed by atoms with E-state index in [2.05, 4.69) is 26.8 Å². The van der Waals surface area contributed by atoms with Gasteiger partial charge >= 0.3 is 0 Å². The molecule has 16 heavy (non-hydrogen) atoms. The Hall–Kier alpha value is -0.980. The van der Waals surface area contributed by atoms with E-state index < -0.39 is 0 Å². The molecule has 1 saturated carbocycles. The largest absolute Gasteiger partial charge is 0.508 e. The number of rotatable bonds is 1. The molecule has 1 aliphatic rings. The number of aromatic hydroxyl groups is 1. The standard InChI is InChI=1S/C15H22O/c1-15(2,3)14-12(9-6-10-13(14)16)11-7-4-5-8-11/h6,9-11,16H,4-5,7-8H2,1-3H3. The normalized spacial score (nSPS) is 17.9. The molecule has 2 rings (SSSR count). The van der Waals surface area contributed by atoms with Gasteiger partial charge in [0.15, 0.2) is 0 Å². The third-order valence-electron chi connectivity index (χ3n) is 3.62. The van der Waals surface area contributed by atoms with Gasteiger partial charge in [0.25, 0.3) is 0 Å². The molecular formula is C15H22O. The van der Waals surface area contributed by atoms with E-state index in [1.54, 1.807) is 0 Å². The zero-order valence-corrected chi connectivity index (χ0v) is 10.6. The van der Waals surface area contributed by atoms with Crippen LogP contribution in [0, 0.1) is 0 Å². The predicted octanol–water partition coefficient (Wildman–Crippen LogP) is 4.35. The van der Waals surface area contributed by atoms with Gasteiger partial charge in [-0.25, -0.2) is 0 Å². The molecular weight excluding hydrogens is 196 g/mol. The van der Waals surface area contributed by atoms with E-state index >= 15 is 0 Å². The van der Waals surface area contributed by atoms with Crippen LogP contribution in [0.4, 0.5) is 0 Å². The van der Waals surface area contributed by atoms with Crippen molar-refractivity contribution in [2.24, 2.45) is 0 Å². The van der Waals surface area contributed by atoms with Crippen molar-refractivity contribution in [1.82, 2.24) is 0 Å². The first-order chi connectivity index (χ1) is 7.50. The lowest BCUT2D eigenvalue weighted by molar-refractivity contribution is 0.441.